The van der Waals surface area contributed by atoms with Crippen molar-refractivity contribution in [2.45, 2.75) is 157 Å². The van der Waals surface area contributed by atoms with E-state index in [9.17, 15) is 29.1 Å². The average molecular weight is 737 g/mol. The number of unbranched alkanes of at least 4 members (excludes halogenated alkanes) is 6. The van der Waals surface area contributed by atoms with E-state index in [1.54, 1.807) is 0 Å². The first-order chi connectivity index (χ1) is 25.3. The Morgan fingerprint density at radius 1 is 0.868 bits per heavy atom. The Balaban J connectivity index is 1.43. The molecule has 13 atom stereocenters. The molecule has 8 nitrogen and oxygen atoms in total. The lowest BCUT2D eigenvalue weighted by atomic mass is 9.28. The van der Waals surface area contributed by atoms with Gasteiger partial charge in [0, 0.05) is 0 Å². The van der Waals surface area contributed by atoms with Gasteiger partial charge in [0.25, 0.3) is 0 Å². The molecule has 0 aromatic heterocycles. The highest BCUT2D eigenvalue weighted by atomic mass is 16.6. The Kier molecular flexibility index (Phi) is 12.1. The van der Waals surface area contributed by atoms with Crippen LogP contribution in [0, 0.1) is 81.3 Å². The minimum absolute atomic E-state index is 0.0111. The number of hydrogen-bond acceptors (Lipinski definition) is 7. The van der Waals surface area contributed by atoms with E-state index in [0.29, 0.717) is 12.3 Å². The number of cyclic esters (lactones) is 4. The van der Waals surface area contributed by atoms with Crippen molar-refractivity contribution in [3.8, 4) is 0 Å². The highest BCUT2D eigenvalue weighted by molar-refractivity contribution is 5.98. The lowest BCUT2D eigenvalue weighted by Crippen LogP contribution is -2.71. The molecule has 0 aromatic rings. The molecular weight excluding hydrogens is 668 g/mol. The van der Waals surface area contributed by atoms with Crippen LogP contribution in [0.1, 0.15) is 157 Å². The zero-order valence-corrected chi connectivity index (χ0v) is 33.5. The van der Waals surface area contributed by atoms with Crippen LogP contribution in [0.5, 0.6) is 0 Å². The van der Waals surface area contributed by atoms with Crippen LogP contribution in [-0.2, 0) is 33.4 Å². The van der Waals surface area contributed by atoms with Crippen molar-refractivity contribution < 1.29 is 38.6 Å². The van der Waals surface area contributed by atoms with Crippen molar-refractivity contribution in [2.75, 3.05) is 0 Å². The van der Waals surface area contributed by atoms with Crippen LogP contribution < -0.4 is 0 Å². The van der Waals surface area contributed by atoms with Gasteiger partial charge in [-0.3, -0.25) is 24.0 Å². The number of fused-ring (bicyclic) bond motifs is 2. The molecule has 2 heterocycles. The Labute approximate surface area is 318 Å². The maximum Gasteiger partial charge on any atom is 0.318 e. The first kappa shape index (κ1) is 40.2. The van der Waals surface area contributed by atoms with E-state index < -0.39 is 46.5 Å². The summed E-state index contributed by atoms with van der Waals surface area (Å²) in [5, 5.41) is 10.7. The third-order valence-electron chi connectivity index (χ3n) is 16.3. The summed E-state index contributed by atoms with van der Waals surface area (Å²) in [6.07, 6.45) is 20.9. The standard InChI is InChI=1S/C45H68O8/c1-7-9-11-13-15-18-29(20-19-28(17-14-12-10-8-2)30-26-34(46)52-39(30)47)37-35(27(3)4)31-25-33-43(5)22-16-23-44(6,42(50)51)32(43)21-24-45(33,37)38-36(31)40(48)53-41(38)49/h14,17,27-33,35-38H,7-13,15-16,18-26H2,1-6H3,(H,50,51)/b17-14+. The molecule has 7 rings (SSSR count). The summed E-state index contributed by atoms with van der Waals surface area (Å²) in [6.45, 7) is 13.3. The third kappa shape index (κ3) is 6.87. The van der Waals surface area contributed by atoms with Crippen LogP contribution in [0.3, 0.4) is 0 Å². The van der Waals surface area contributed by atoms with E-state index in [-0.39, 0.29) is 65.2 Å². The predicted molar refractivity (Wildman–Crippen MR) is 202 cm³/mol. The molecular formula is C45H68O8. The van der Waals surface area contributed by atoms with Gasteiger partial charge in [0.1, 0.15) is 0 Å². The van der Waals surface area contributed by atoms with E-state index in [0.717, 1.165) is 83.5 Å². The first-order valence-corrected chi connectivity index (χ1v) is 21.7. The molecule has 0 radical (unpaired) electrons. The fraction of sp³-hybridized carbons (Fsp3) is 0.844. The number of carboxylic acid groups (broad SMARTS) is 1. The third-order valence-corrected chi connectivity index (χ3v) is 16.3. The van der Waals surface area contributed by atoms with Gasteiger partial charge in [-0.2, -0.15) is 0 Å². The average Bonchev–Trinajstić information content (AvgIpc) is 3.62. The number of carboxylic acids is 1. The smallest absolute Gasteiger partial charge is 0.318 e. The summed E-state index contributed by atoms with van der Waals surface area (Å²) in [4.78, 5) is 66.3. The summed E-state index contributed by atoms with van der Waals surface area (Å²) in [6, 6.07) is 0. The molecule has 2 saturated heterocycles. The van der Waals surface area contributed by atoms with Gasteiger partial charge < -0.3 is 14.6 Å². The summed E-state index contributed by atoms with van der Waals surface area (Å²) in [5.74, 6) is -2.60. The molecule has 0 aromatic carbocycles. The maximum atomic E-state index is 14.2. The lowest BCUT2D eigenvalue weighted by Gasteiger charge is -2.74. The van der Waals surface area contributed by atoms with E-state index in [2.05, 4.69) is 46.8 Å². The topological polar surface area (TPSA) is 124 Å². The summed E-state index contributed by atoms with van der Waals surface area (Å²) in [5.41, 5.74) is -1.53. The van der Waals surface area contributed by atoms with Crippen LogP contribution in [0.2, 0.25) is 0 Å². The molecule has 1 spiro atoms. The fourth-order valence-electron chi connectivity index (χ4n) is 14.2. The quantitative estimate of drug-likeness (QED) is 0.0678. The van der Waals surface area contributed by atoms with E-state index in [1.165, 1.54) is 19.3 Å². The Hall–Kier alpha value is -2.51. The SMILES string of the molecule is CCCC/C=C/C(CCC(CCCCCCC)C1C(C(C)C)C2CC3C4(C)CCCC(C)(C(=O)O)C4CCC13C1C(=O)OC(=O)C21)C1CC(=O)OC1=O. The second-order valence-corrected chi connectivity index (χ2v) is 19.2. The molecule has 7 fully saturated rings. The molecule has 0 amide bonds. The number of carbonyl (C=O) groups is 5. The van der Waals surface area contributed by atoms with Gasteiger partial charge >= 0.3 is 29.8 Å². The highest BCUT2D eigenvalue weighted by Gasteiger charge is 2.78. The van der Waals surface area contributed by atoms with Crippen LogP contribution in [0.25, 0.3) is 0 Å². The summed E-state index contributed by atoms with van der Waals surface area (Å²) >= 11 is 0. The van der Waals surface area contributed by atoms with Crippen LogP contribution >= 0.6 is 0 Å². The lowest BCUT2D eigenvalue weighted by molar-refractivity contribution is -0.271. The fourth-order valence-corrected chi connectivity index (χ4v) is 14.2. The minimum Gasteiger partial charge on any atom is -0.481 e. The molecule has 1 N–H and O–H groups in total. The van der Waals surface area contributed by atoms with Gasteiger partial charge in [0.05, 0.1) is 29.6 Å². The monoisotopic (exact) mass is 736 g/mol. The number of hydrogen-bond donors (Lipinski definition) is 1. The molecule has 296 valence electrons. The second-order valence-electron chi connectivity index (χ2n) is 19.2. The van der Waals surface area contributed by atoms with E-state index >= 15 is 0 Å². The van der Waals surface area contributed by atoms with Crippen molar-refractivity contribution in [1.29, 1.82) is 0 Å². The van der Waals surface area contributed by atoms with Crippen molar-refractivity contribution in [2.24, 2.45) is 81.3 Å². The molecule has 5 saturated carbocycles. The van der Waals surface area contributed by atoms with E-state index in [4.69, 9.17) is 9.47 Å². The number of aliphatic carboxylic acids is 1. The minimum atomic E-state index is -0.813. The normalized spacial score (nSPS) is 40.2. The number of esters is 4. The zero-order valence-electron chi connectivity index (χ0n) is 33.5. The highest BCUT2D eigenvalue weighted by Crippen LogP contribution is 2.79. The molecule has 13 unspecified atom stereocenters. The van der Waals surface area contributed by atoms with Gasteiger partial charge in [-0.25, -0.2) is 0 Å². The maximum absolute atomic E-state index is 14.2. The zero-order chi connectivity index (χ0) is 38.3. The van der Waals surface area contributed by atoms with Crippen molar-refractivity contribution in [1.82, 2.24) is 0 Å². The molecule has 53 heavy (non-hydrogen) atoms. The molecule has 2 aliphatic heterocycles. The van der Waals surface area contributed by atoms with Crippen molar-refractivity contribution in [3.05, 3.63) is 12.2 Å². The molecule has 8 heteroatoms. The Morgan fingerprint density at radius 3 is 2.26 bits per heavy atom. The predicted octanol–water partition coefficient (Wildman–Crippen LogP) is 9.73. The number of allylic oxidation sites excluding steroid dienone is 2. The van der Waals surface area contributed by atoms with Gasteiger partial charge in [0.15, 0.2) is 0 Å². The second kappa shape index (κ2) is 15.9. The van der Waals surface area contributed by atoms with Gasteiger partial charge in [-0.05, 0) is 116 Å². The van der Waals surface area contributed by atoms with Gasteiger partial charge in [-0.1, -0.05) is 105 Å². The summed E-state index contributed by atoms with van der Waals surface area (Å²) in [7, 11) is 0. The number of carbonyl (C=O) groups excluding carboxylic acids is 4. The first-order valence-electron chi connectivity index (χ1n) is 21.7. The van der Waals surface area contributed by atoms with Gasteiger partial charge in [-0.15, -0.1) is 0 Å². The summed E-state index contributed by atoms with van der Waals surface area (Å²) < 4.78 is 10.7. The molecule has 2 bridgehead atoms. The van der Waals surface area contributed by atoms with Gasteiger partial charge in [0.2, 0.25) is 0 Å². The molecule has 5 aliphatic carbocycles. The Bertz CT molecular complexity index is 1430. The number of rotatable bonds is 17. The van der Waals surface area contributed by atoms with Crippen LogP contribution in [0.4, 0.5) is 0 Å². The van der Waals surface area contributed by atoms with E-state index in [1.807, 2.05) is 6.92 Å². The van der Waals surface area contributed by atoms with Crippen LogP contribution in [0.15, 0.2) is 12.2 Å². The number of ether oxygens (including phenoxy) is 2. The Morgan fingerprint density at radius 2 is 1.60 bits per heavy atom. The van der Waals surface area contributed by atoms with Crippen molar-refractivity contribution >= 4 is 29.8 Å². The van der Waals surface area contributed by atoms with Crippen LogP contribution in [-0.4, -0.2) is 35.0 Å². The van der Waals surface area contributed by atoms with Crippen molar-refractivity contribution in [3.63, 3.8) is 0 Å². The molecule has 7 aliphatic rings. The largest absolute Gasteiger partial charge is 0.481 e.